The zero-order valence-electron chi connectivity index (χ0n) is 18.5. The molecule has 6 nitrogen and oxygen atoms in total. The van der Waals surface area contributed by atoms with E-state index in [-0.39, 0.29) is 11.8 Å². The molecule has 1 aliphatic heterocycles. The van der Waals surface area contributed by atoms with Gasteiger partial charge in [-0.2, -0.15) is 0 Å². The number of carbonyl (C=O) groups excluding carboxylic acids is 2. The summed E-state index contributed by atoms with van der Waals surface area (Å²) >= 11 is 0. The number of likely N-dealkylation sites (tertiary alicyclic amines) is 1. The first-order chi connectivity index (χ1) is 15.1. The molecule has 2 aromatic rings. The molecule has 0 bridgehead atoms. The Hall–Kier alpha value is -2.86. The van der Waals surface area contributed by atoms with Gasteiger partial charge in [0, 0.05) is 37.7 Å². The third-order valence-electron chi connectivity index (χ3n) is 5.81. The number of anilines is 1. The lowest BCUT2D eigenvalue weighted by Crippen LogP contribution is -2.47. The topological polar surface area (TPSA) is 61.9 Å². The molecule has 1 fully saturated rings. The van der Waals surface area contributed by atoms with Crippen molar-refractivity contribution in [3.05, 3.63) is 60.2 Å². The van der Waals surface area contributed by atoms with E-state index in [4.69, 9.17) is 4.74 Å². The largest absolute Gasteiger partial charge is 0.495 e. The van der Waals surface area contributed by atoms with Crippen LogP contribution in [0.25, 0.3) is 0 Å². The summed E-state index contributed by atoms with van der Waals surface area (Å²) in [6, 6.07) is 17.3. The third-order valence-corrected chi connectivity index (χ3v) is 5.81. The summed E-state index contributed by atoms with van der Waals surface area (Å²) in [4.78, 5) is 29.6. The van der Waals surface area contributed by atoms with Crippen molar-refractivity contribution in [1.82, 2.24) is 9.80 Å². The normalized spacial score (nSPS) is 14.5. The molecule has 0 saturated carbocycles. The molecule has 2 amide bonds. The van der Waals surface area contributed by atoms with Crippen LogP contribution in [0.1, 0.15) is 43.0 Å². The molecule has 0 aliphatic carbocycles. The first kappa shape index (κ1) is 22.8. The molecule has 1 N–H and O–H groups in total. The first-order valence-electron chi connectivity index (χ1n) is 11.1. The van der Waals surface area contributed by atoms with Crippen LogP contribution in [0.2, 0.25) is 0 Å². The summed E-state index contributed by atoms with van der Waals surface area (Å²) in [5, 5.41) is 2.96. The molecule has 0 unspecified atom stereocenters. The van der Waals surface area contributed by atoms with Gasteiger partial charge in [0.05, 0.1) is 12.8 Å². The van der Waals surface area contributed by atoms with Crippen LogP contribution in [0, 0.1) is 0 Å². The fourth-order valence-corrected chi connectivity index (χ4v) is 4.17. The summed E-state index contributed by atoms with van der Waals surface area (Å²) in [6.45, 7) is 5.35. The van der Waals surface area contributed by atoms with E-state index in [0.717, 1.165) is 44.5 Å². The standard InChI is InChI=1S/C25H33N3O3/c1-3-16-27(19-15-24(29)26-22-11-7-8-12-23(22)31-2)21-13-17-28(18-14-21)25(30)20-9-5-4-6-10-20/h4-12,21H,3,13-19H2,1-2H3,(H,26,29). The predicted octanol–water partition coefficient (Wildman–Crippen LogP) is 4.04. The van der Waals surface area contributed by atoms with Gasteiger partial charge in [0.1, 0.15) is 5.75 Å². The Bertz CT molecular complexity index is 848. The van der Waals surface area contributed by atoms with Crippen molar-refractivity contribution in [2.24, 2.45) is 0 Å². The minimum absolute atomic E-state index is 0.0118. The number of carbonyl (C=O) groups is 2. The molecule has 3 rings (SSSR count). The molecular weight excluding hydrogens is 390 g/mol. The molecule has 1 aliphatic rings. The van der Waals surface area contributed by atoms with Crippen LogP contribution >= 0.6 is 0 Å². The highest BCUT2D eigenvalue weighted by Crippen LogP contribution is 2.23. The summed E-state index contributed by atoms with van der Waals surface area (Å²) in [6.07, 6.45) is 3.35. The van der Waals surface area contributed by atoms with Gasteiger partial charge in [-0.1, -0.05) is 37.3 Å². The van der Waals surface area contributed by atoms with Gasteiger partial charge in [-0.3, -0.25) is 14.5 Å². The van der Waals surface area contributed by atoms with Crippen LogP contribution in [-0.4, -0.2) is 60.9 Å². The van der Waals surface area contributed by atoms with Gasteiger partial charge in [0.25, 0.3) is 5.91 Å². The number of benzene rings is 2. The van der Waals surface area contributed by atoms with Gasteiger partial charge in [0.2, 0.25) is 5.91 Å². The fraction of sp³-hybridized carbons (Fsp3) is 0.440. The molecule has 0 aromatic heterocycles. The Morgan fingerprint density at radius 1 is 1.03 bits per heavy atom. The van der Waals surface area contributed by atoms with E-state index in [2.05, 4.69) is 17.1 Å². The lowest BCUT2D eigenvalue weighted by molar-refractivity contribution is -0.116. The molecule has 2 aromatic carbocycles. The van der Waals surface area contributed by atoms with Crippen LogP contribution in [0.4, 0.5) is 5.69 Å². The van der Waals surface area contributed by atoms with Crippen molar-refractivity contribution < 1.29 is 14.3 Å². The molecule has 1 heterocycles. The lowest BCUT2D eigenvalue weighted by atomic mass is 10.0. The minimum Gasteiger partial charge on any atom is -0.495 e. The lowest BCUT2D eigenvalue weighted by Gasteiger charge is -2.38. The number of nitrogens with zero attached hydrogens (tertiary/aromatic N) is 2. The number of piperidine rings is 1. The van der Waals surface area contributed by atoms with Gasteiger partial charge >= 0.3 is 0 Å². The molecule has 0 atom stereocenters. The molecule has 0 spiro atoms. The van der Waals surface area contributed by atoms with E-state index in [9.17, 15) is 9.59 Å². The van der Waals surface area contributed by atoms with E-state index >= 15 is 0 Å². The quantitative estimate of drug-likeness (QED) is 0.661. The van der Waals surface area contributed by atoms with E-state index in [1.165, 1.54) is 0 Å². The first-order valence-corrected chi connectivity index (χ1v) is 11.1. The number of ether oxygens (including phenoxy) is 1. The van der Waals surface area contributed by atoms with Crippen LogP contribution < -0.4 is 10.1 Å². The summed E-state index contributed by atoms with van der Waals surface area (Å²) in [5.74, 6) is 0.760. The third kappa shape index (κ3) is 6.31. The number of hydrogen-bond acceptors (Lipinski definition) is 4. The molecule has 6 heteroatoms. The van der Waals surface area contributed by atoms with Crippen molar-refractivity contribution in [2.45, 2.75) is 38.6 Å². The monoisotopic (exact) mass is 423 g/mol. The molecule has 1 saturated heterocycles. The number of hydrogen-bond donors (Lipinski definition) is 1. The zero-order valence-corrected chi connectivity index (χ0v) is 18.5. The van der Waals surface area contributed by atoms with Gasteiger partial charge in [0.15, 0.2) is 0 Å². The predicted molar refractivity (Wildman–Crippen MR) is 123 cm³/mol. The highest BCUT2D eigenvalue weighted by atomic mass is 16.5. The number of methoxy groups -OCH3 is 1. The average molecular weight is 424 g/mol. The van der Waals surface area contributed by atoms with Crippen molar-refractivity contribution >= 4 is 17.5 Å². The van der Waals surface area contributed by atoms with Gasteiger partial charge < -0.3 is 15.0 Å². The molecule has 31 heavy (non-hydrogen) atoms. The van der Waals surface area contributed by atoms with E-state index in [1.54, 1.807) is 7.11 Å². The van der Waals surface area contributed by atoms with Crippen LogP contribution in [-0.2, 0) is 4.79 Å². The summed E-state index contributed by atoms with van der Waals surface area (Å²) in [7, 11) is 1.60. The highest BCUT2D eigenvalue weighted by molar-refractivity contribution is 5.94. The zero-order chi connectivity index (χ0) is 22.1. The van der Waals surface area contributed by atoms with Crippen LogP contribution in [0.15, 0.2) is 54.6 Å². The Kier molecular flexibility index (Phi) is 8.47. The number of amides is 2. The second-order valence-electron chi connectivity index (χ2n) is 7.92. The van der Waals surface area contributed by atoms with Crippen LogP contribution in [0.3, 0.4) is 0 Å². The van der Waals surface area contributed by atoms with Crippen molar-refractivity contribution in [1.29, 1.82) is 0 Å². The van der Waals surface area contributed by atoms with Gasteiger partial charge in [-0.15, -0.1) is 0 Å². The number of nitrogens with one attached hydrogen (secondary N) is 1. The molecule has 0 radical (unpaired) electrons. The molecule has 166 valence electrons. The van der Waals surface area contributed by atoms with Crippen molar-refractivity contribution in [3.63, 3.8) is 0 Å². The summed E-state index contributed by atoms with van der Waals surface area (Å²) < 4.78 is 5.31. The maximum absolute atomic E-state index is 12.7. The molecular formula is C25H33N3O3. The second-order valence-corrected chi connectivity index (χ2v) is 7.92. The fourth-order valence-electron chi connectivity index (χ4n) is 4.17. The summed E-state index contributed by atoms with van der Waals surface area (Å²) in [5.41, 5.74) is 1.45. The van der Waals surface area contributed by atoms with E-state index < -0.39 is 0 Å². The van der Waals surface area contributed by atoms with Gasteiger partial charge in [-0.25, -0.2) is 0 Å². The Balaban J connectivity index is 1.50. The second kappa shape index (κ2) is 11.5. The Labute approximate surface area is 185 Å². The Morgan fingerprint density at radius 2 is 1.71 bits per heavy atom. The highest BCUT2D eigenvalue weighted by Gasteiger charge is 2.27. The maximum atomic E-state index is 12.7. The SMILES string of the molecule is CCCN(CCC(=O)Nc1ccccc1OC)C1CCN(C(=O)c2ccccc2)CC1. The van der Waals surface area contributed by atoms with Crippen LogP contribution in [0.5, 0.6) is 5.75 Å². The number of rotatable bonds is 9. The average Bonchev–Trinajstić information content (AvgIpc) is 2.82. The Morgan fingerprint density at radius 3 is 2.39 bits per heavy atom. The van der Waals surface area contributed by atoms with Crippen molar-refractivity contribution in [3.8, 4) is 5.75 Å². The smallest absolute Gasteiger partial charge is 0.253 e. The van der Waals surface area contributed by atoms with Gasteiger partial charge in [-0.05, 0) is 50.1 Å². The number of para-hydroxylation sites is 2. The van der Waals surface area contributed by atoms with E-state index in [1.807, 2.05) is 59.5 Å². The minimum atomic E-state index is -0.0118. The van der Waals surface area contributed by atoms with Crippen molar-refractivity contribution in [2.75, 3.05) is 38.6 Å². The maximum Gasteiger partial charge on any atom is 0.253 e. The van der Waals surface area contributed by atoms with E-state index in [0.29, 0.717) is 30.4 Å².